The van der Waals surface area contributed by atoms with Crippen molar-refractivity contribution in [1.29, 1.82) is 0 Å². The Morgan fingerprint density at radius 3 is 1.44 bits per heavy atom. The maximum Gasteiger partial charge on any atom is 0.399 e. The summed E-state index contributed by atoms with van der Waals surface area (Å²) in [5, 5.41) is -2.01. The summed E-state index contributed by atoms with van der Waals surface area (Å²) in [4.78, 5) is 0. The summed E-state index contributed by atoms with van der Waals surface area (Å²) < 4.78 is 72.4. The van der Waals surface area contributed by atoms with Gasteiger partial charge in [0.2, 0.25) is 0 Å². The molecule has 0 bridgehead atoms. The van der Waals surface area contributed by atoms with E-state index in [-0.39, 0.29) is 0 Å². The van der Waals surface area contributed by atoms with Crippen molar-refractivity contribution in [3.8, 4) is 0 Å². The van der Waals surface area contributed by atoms with Crippen molar-refractivity contribution in [1.82, 2.24) is 0 Å². The highest BCUT2D eigenvalue weighted by Gasteiger charge is 2.91. The lowest BCUT2D eigenvalue weighted by Gasteiger charge is -2.29. The monoisotopic (exact) mass is 308 g/mol. The van der Waals surface area contributed by atoms with Crippen LogP contribution in [0.2, 0.25) is 0 Å². The van der Waals surface area contributed by atoms with E-state index in [1.807, 2.05) is 0 Å². The minimum atomic E-state index is -5.22. The molecule has 0 radical (unpaired) electrons. The van der Waals surface area contributed by atoms with E-state index in [2.05, 4.69) is 0 Å². The first-order chi connectivity index (χ1) is 6.81. The van der Waals surface area contributed by atoms with Gasteiger partial charge in [0.25, 0.3) is 0 Å². The first-order valence-electron chi connectivity index (χ1n) is 3.96. The highest BCUT2D eigenvalue weighted by atomic mass is 35.5. The van der Waals surface area contributed by atoms with Crippen LogP contribution in [-0.4, -0.2) is 22.1 Å². The van der Waals surface area contributed by atoms with Crippen LogP contribution in [0.5, 0.6) is 0 Å². The van der Waals surface area contributed by atoms with Crippen molar-refractivity contribution in [3.63, 3.8) is 0 Å². The Kier molecular flexibility index (Phi) is 3.16. The highest BCUT2D eigenvalue weighted by Crippen LogP contribution is 2.78. The number of halogens is 9. The van der Waals surface area contributed by atoms with Gasteiger partial charge in [-0.25, -0.2) is 0 Å². The quantitative estimate of drug-likeness (QED) is 0.493. The van der Waals surface area contributed by atoms with Crippen LogP contribution in [0.15, 0.2) is 0 Å². The molecule has 1 fully saturated rings. The van der Waals surface area contributed by atoms with Gasteiger partial charge in [-0.05, 0) is 0 Å². The van der Waals surface area contributed by atoms with Crippen molar-refractivity contribution in [3.05, 3.63) is 0 Å². The summed E-state index contributed by atoms with van der Waals surface area (Å²) in [6.45, 7) is 0.370. The summed E-state index contributed by atoms with van der Waals surface area (Å²) in [6, 6.07) is 0. The zero-order valence-electron chi connectivity index (χ0n) is 7.56. The van der Waals surface area contributed by atoms with E-state index in [1.165, 1.54) is 0 Å². The Bertz CT molecular complexity index is 283. The van der Waals surface area contributed by atoms with Crippen LogP contribution in [0.1, 0.15) is 6.92 Å². The molecule has 0 aromatic heterocycles. The zero-order valence-corrected chi connectivity index (χ0v) is 9.82. The molecule has 9 heteroatoms. The lowest BCUT2D eigenvalue weighted by molar-refractivity contribution is -0.261. The summed E-state index contributed by atoms with van der Waals surface area (Å²) in [5.41, 5.74) is -3.34. The molecule has 0 aliphatic heterocycles. The van der Waals surface area contributed by atoms with Crippen molar-refractivity contribution < 1.29 is 26.3 Å². The molecule has 0 aromatic rings. The van der Waals surface area contributed by atoms with Crippen molar-refractivity contribution in [2.24, 2.45) is 11.3 Å². The zero-order chi connectivity index (χ0) is 13.2. The van der Waals surface area contributed by atoms with E-state index in [1.54, 1.807) is 0 Å². The van der Waals surface area contributed by atoms with Crippen LogP contribution >= 0.6 is 34.8 Å². The van der Waals surface area contributed by atoms with E-state index in [9.17, 15) is 26.3 Å². The first-order valence-corrected chi connectivity index (χ1v) is 5.15. The molecule has 0 N–H and O–H groups in total. The number of hydrogen-bond donors (Lipinski definition) is 0. The van der Waals surface area contributed by atoms with E-state index < -0.39 is 33.4 Å². The standard InChI is InChI=1S/C7H5Cl3F6/c1-2(6(11,12)13)4(7(14,15)16)3(8)5(4,9)10/h2-3H,1H3. The SMILES string of the molecule is CC(C(F)(F)F)C1(C(F)(F)F)C(Cl)C1(Cl)Cl. The maximum absolute atomic E-state index is 12.7. The van der Waals surface area contributed by atoms with Gasteiger partial charge in [0.05, 0.1) is 11.3 Å². The third-order valence-electron chi connectivity index (χ3n) is 2.83. The second kappa shape index (κ2) is 3.48. The normalized spacial score (nSPS) is 36.0. The minimum Gasteiger partial charge on any atom is -0.171 e. The van der Waals surface area contributed by atoms with Crippen LogP contribution in [0.3, 0.4) is 0 Å². The fourth-order valence-electron chi connectivity index (χ4n) is 1.73. The topological polar surface area (TPSA) is 0 Å². The van der Waals surface area contributed by atoms with E-state index in [0.717, 1.165) is 0 Å². The molecular formula is C7H5Cl3F6. The average Bonchev–Trinajstić information content (AvgIpc) is 2.43. The van der Waals surface area contributed by atoms with E-state index >= 15 is 0 Å². The third kappa shape index (κ3) is 1.60. The van der Waals surface area contributed by atoms with Gasteiger partial charge in [0, 0.05) is 0 Å². The Hall–Kier alpha value is 0.450. The Morgan fingerprint density at radius 2 is 1.38 bits per heavy atom. The summed E-state index contributed by atoms with van der Waals surface area (Å²) in [5.74, 6) is -2.77. The molecule has 1 aliphatic rings. The molecule has 1 aliphatic carbocycles. The van der Waals surface area contributed by atoms with Crippen LogP contribution < -0.4 is 0 Å². The van der Waals surface area contributed by atoms with Gasteiger partial charge in [0.1, 0.15) is 5.41 Å². The molecule has 0 spiro atoms. The molecule has 0 heterocycles. The molecule has 0 amide bonds. The molecule has 3 atom stereocenters. The van der Waals surface area contributed by atoms with Gasteiger partial charge >= 0.3 is 12.4 Å². The second-order valence-corrected chi connectivity index (χ2v) is 5.44. The Labute approximate surface area is 102 Å². The molecule has 96 valence electrons. The van der Waals surface area contributed by atoms with E-state index in [4.69, 9.17) is 34.8 Å². The fourth-order valence-corrected chi connectivity index (χ4v) is 3.43. The Morgan fingerprint density at radius 1 is 1.06 bits per heavy atom. The van der Waals surface area contributed by atoms with Crippen LogP contribution in [-0.2, 0) is 0 Å². The van der Waals surface area contributed by atoms with Crippen molar-refractivity contribution in [2.45, 2.75) is 29.0 Å². The largest absolute Gasteiger partial charge is 0.399 e. The molecule has 16 heavy (non-hydrogen) atoms. The Balaban J connectivity index is 3.23. The molecule has 1 saturated carbocycles. The van der Waals surface area contributed by atoms with Gasteiger partial charge in [0.15, 0.2) is 4.33 Å². The predicted octanol–water partition coefficient (Wildman–Crippen LogP) is 4.53. The summed E-state index contributed by atoms with van der Waals surface area (Å²) in [6.07, 6.45) is -10.3. The van der Waals surface area contributed by atoms with Gasteiger partial charge in [-0.15, -0.1) is 11.6 Å². The summed E-state index contributed by atoms with van der Waals surface area (Å²) in [7, 11) is 0. The molecule has 0 aromatic carbocycles. The number of alkyl halides is 9. The van der Waals surface area contributed by atoms with Crippen molar-refractivity contribution in [2.75, 3.05) is 0 Å². The van der Waals surface area contributed by atoms with Crippen LogP contribution in [0.25, 0.3) is 0 Å². The molecule has 0 nitrogen and oxygen atoms in total. The molecule has 1 rings (SSSR count). The van der Waals surface area contributed by atoms with Crippen LogP contribution in [0, 0.1) is 11.3 Å². The third-order valence-corrected chi connectivity index (χ3v) is 4.79. The lowest BCUT2D eigenvalue weighted by atomic mass is 9.89. The fraction of sp³-hybridized carbons (Fsp3) is 1.00. The summed E-state index contributed by atoms with van der Waals surface area (Å²) >= 11 is 15.6. The highest BCUT2D eigenvalue weighted by molar-refractivity contribution is 6.57. The van der Waals surface area contributed by atoms with Gasteiger partial charge < -0.3 is 0 Å². The number of rotatable bonds is 1. The second-order valence-electron chi connectivity index (χ2n) is 3.62. The van der Waals surface area contributed by atoms with Crippen LogP contribution in [0.4, 0.5) is 26.3 Å². The predicted molar refractivity (Wildman–Crippen MR) is 47.8 cm³/mol. The maximum atomic E-state index is 12.7. The van der Waals surface area contributed by atoms with Gasteiger partial charge in [-0.3, -0.25) is 0 Å². The average molecular weight is 309 g/mol. The first kappa shape index (κ1) is 14.5. The molecule has 3 unspecified atom stereocenters. The van der Waals surface area contributed by atoms with Crippen molar-refractivity contribution >= 4 is 34.8 Å². The lowest BCUT2D eigenvalue weighted by Crippen LogP contribution is -2.43. The van der Waals surface area contributed by atoms with Gasteiger partial charge in [-0.1, -0.05) is 30.1 Å². The minimum absolute atomic E-state index is 0.370. The smallest absolute Gasteiger partial charge is 0.171 e. The molecule has 0 saturated heterocycles. The number of hydrogen-bond acceptors (Lipinski definition) is 0. The van der Waals surface area contributed by atoms with Gasteiger partial charge in [-0.2, -0.15) is 26.3 Å². The molecular weight excluding hydrogens is 304 g/mol. The van der Waals surface area contributed by atoms with E-state index in [0.29, 0.717) is 6.92 Å².